The molecule has 4 rings (SSSR count). The fourth-order valence-electron chi connectivity index (χ4n) is 2.93. The van der Waals surface area contributed by atoms with Crippen LogP contribution in [0.25, 0.3) is 15.3 Å². The maximum absolute atomic E-state index is 12.6. The van der Waals surface area contributed by atoms with E-state index in [1.165, 1.54) is 29.0 Å². The van der Waals surface area contributed by atoms with E-state index in [2.05, 4.69) is 48.3 Å². The van der Waals surface area contributed by atoms with Crippen LogP contribution in [0.3, 0.4) is 0 Å². The van der Waals surface area contributed by atoms with Crippen molar-refractivity contribution in [3.8, 4) is 5.13 Å². The molecule has 3 aromatic heterocycles. The summed E-state index contributed by atoms with van der Waals surface area (Å²) in [5.41, 5.74) is 2.83. The number of benzene rings is 1. The van der Waals surface area contributed by atoms with Gasteiger partial charge in [0.2, 0.25) is 5.13 Å². The monoisotopic (exact) mass is 441 g/mol. The molecule has 8 nitrogen and oxygen atoms in total. The van der Waals surface area contributed by atoms with Crippen LogP contribution >= 0.6 is 22.7 Å². The molecule has 0 fully saturated rings. The lowest BCUT2D eigenvalue weighted by atomic mass is 9.87. The van der Waals surface area contributed by atoms with Crippen LogP contribution in [0.4, 0.5) is 10.8 Å². The molecule has 1 aromatic carbocycles. The predicted octanol–water partition coefficient (Wildman–Crippen LogP) is 5.31. The van der Waals surface area contributed by atoms with Crippen molar-refractivity contribution in [2.75, 3.05) is 5.32 Å². The van der Waals surface area contributed by atoms with Gasteiger partial charge < -0.3 is 5.32 Å². The molecule has 0 spiro atoms. The Morgan fingerprint density at radius 2 is 1.93 bits per heavy atom. The van der Waals surface area contributed by atoms with Crippen molar-refractivity contribution in [2.24, 2.45) is 0 Å². The molecule has 4 aromatic rings. The van der Waals surface area contributed by atoms with E-state index in [-0.39, 0.29) is 15.3 Å². The number of rotatable bonds is 4. The van der Waals surface area contributed by atoms with Crippen LogP contribution in [0.1, 0.15) is 41.7 Å². The Labute approximate surface area is 180 Å². The fraction of sp³-hybridized carbons (Fsp3) is 0.250. The summed E-state index contributed by atoms with van der Waals surface area (Å²) in [6.07, 6.45) is 0. The Morgan fingerprint density at radius 3 is 2.60 bits per heavy atom. The van der Waals surface area contributed by atoms with Gasteiger partial charge in [-0.25, -0.2) is 4.98 Å². The van der Waals surface area contributed by atoms with E-state index in [1.54, 1.807) is 10.7 Å². The minimum absolute atomic E-state index is 0.0308. The third-order valence-electron chi connectivity index (χ3n) is 4.49. The van der Waals surface area contributed by atoms with E-state index in [9.17, 15) is 14.9 Å². The second kappa shape index (κ2) is 7.29. The number of aromatic nitrogens is 3. The predicted molar refractivity (Wildman–Crippen MR) is 119 cm³/mol. The molecule has 0 atom stereocenters. The first-order chi connectivity index (χ1) is 14.1. The first-order valence-corrected chi connectivity index (χ1v) is 10.8. The molecule has 0 radical (unpaired) electrons. The zero-order valence-corrected chi connectivity index (χ0v) is 18.4. The minimum Gasteiger partial charge on any atom is -0.306 e. The average molecular weight is 442 g/mol. The summed E-state index contributed by atoms with van der Waals surface area (Å²) >= 11 is 2.32. The van der Waals surface area contributed by atoms with Crippen LogP contribution in [-0.2, 0) is 5.41 Å². The van der Waals surface area contributed by atoms with Gasteiger partial charge in [-0.1, -0.05) is 49.5 Å². The first kappa shape index (κ1) is 20.2. The van der Waals surface area contributed by atoms with Gasteiger partial charge in [0.25, 0.3) is 5.91 Å². The molecule has 154 valence electrons. The van der Waals surface area contributed by atoms with E-state index in [1.807, 2.05) is 13.0 Å². The zero-order chi connectivity index (χ0) is 21.6. The largest absolute Gasteiger partial charge is 0.324 e. The number of thiophene rings is 1. The van der Waals surface area contributed by atoms with Crippen molar-refractivity contribution in [2.45, 2.75) is 33.1 Å². The first-order valence-electron chi connectivity index (χ1n) is 9.15. The van der Waals surface area contributed by atoms with Gasteiger partial charge in [-0.3, -0.25) is 14.9 Å². The zero-order valence-electron chi connectivity index (χ0n) is 16.8. The van der Waals surface area contributed by atoms with Gasteiger partial charge in [-0.05, 0) is 36.1 Å². The molecule has 0 aliphatic rings. The van der Waals surface area contributed by atoms with E-state index < -0.39 is 10.8 Å². The van der Waals surface area contributed by atoms with Crippen molar-refractivity contribution in [3.63, 3.8) is 0 Å². The van der Waals surface area contributed by atoms with Gasteiger partial charge in [0.15, 0.2) is 0 Å². The molecular formula is C20H19N5O3S2. The Morgan fingerprint density at radius 1 is 1.17 bits per heavy atom. The number of fused-ring (bicyclic) bond motifs is 1. The van der Waals surface area contributed by atoms with E-state index >= 15 is 0 Å². The lowest BCUT2D eigenvalue weighted by molar-refractivity contribution is -0.380. The summed E-state index contributed by atoms with van der Waals surface area (Å²) in [5, 5.41) is 18.7. The SMILES string of the molecule is Cc1cc(NC(=O)c2ccc([N+](=O)[O-])s2)n(-c2nc3ccc(C(C)(C)C)cc3s2)n1. The smallest absolute Gasteiger partial charge is 0.306 e. The molecule has 0 saturated carbocycles. The highest BCUT2D eigenvalue weighted by Crippen LogP contribution is 2.32. The maximum atomic E-state index is 12.6. The Hall–Kier alpha value is -3.11. The topological polar surface area (TPSA) is 103 Å². The maximum Gasteiger partial charge on any atom is 0.324 e. The van der Waals surface area contributed by atoms with Crippen molar-refractivity contribution in [1.29, 1.82) is 0 Å². The number of hydrogen-bond acceptors (Lipinski definition) is 7. The molecule has 0 aliphatic carbocycles. The molecule has 0 unspecified atom stereocenters. The fourth-order valence-corrected chi connectivity index (χ4v) is 4.62. The Kier molecular flexibility index (Phi) is 4.91. The van der Waals surface area contributed by atoms with E-state index in [0.29, 0.717) is 10.9 Å². The lowest BCUT2D eigenvalue weighted by Crippen LogP contribution is -2.13. The van der Waals surface area contributed by atoms with Gasteiger partial charge in [0.1, 0.15) is 5.82 Å². The molecule has 10 heteroatoms. The highest BCUT2D eigenvalue weighted by molar-refractivity contribution is 7.20. The third-order valence-corrected chi connectivity index (χ3v) is 6.52. The summed E-state index contributed by atoms with van der Waals surface area (Å²) in [4.78, 5) is 27.9. The van der Waals surface area contributed by atoms with Crippen LogP contribution in [0.15, 0.2) is 36.4 Å². The normalized spacial score (nSPS) is 11.7. The molecule has 1 amide bonds. The number of carbonyl (C=O) groups excluding carboxylic acids is 1. The standard InChI is InChI=1S/C20H19N5O3S2/c1-11-9-16(22-18(26)14-7-8-17(29-14)25(27)28)24(23-11)19-21-13-6-5-12(20(2,3)4)10-15(13)30-19/h5-10H,1-4H3,(H,22,26). The van der Waals surface area contributed by atoms with Gasteiger partial charge in [-0.2, -0.15) is 9.78 Å². The average Bonchev–Trinajstić information content (AvgIpc) is 3.37. The number of nitrogens with zero attached hydrogens (tertiary/aromatic N) is 4. The number of hydrogen-bond donors (Lipinski definition) is 1. The summed E-state index contributed by atoms with van der Waals surface area (Å²) in [6.45, 7) is 8.31. The number of carbonyl (C=O) groups is 1. The number of thiazole rings is 1. The molecule has 1 N–H and O–H groups in total. The lowest BCUT2D eigenvalue weighted by Gasteiger charge is -2.18. The van der Waals surface area contributed by atoms with Crippen LogP contribution in [0.5, 0.6) is 0 Å². The summed E-state index contributed by atoms with van der Waals surface area (Å²) < 4.78 is 2.63. The minimum atomic E-state index is -0.511. The number of anilines is 1. The summed E-state index contributed by atoms with van der Waals surface area (Å²) in [6, 6.07) is 10.7. The molecule has 0 aliphatic heterocycles. The second-order valence-electron chi connectivity index (χ2n) is 7.86. The quantitative estimate of drug-likeness (QED) is 0.341. The van der Waals surface area contributed by atoms with Crippen LogP contribution in [0.2, 0.25) is 0 Å². The van der Waals surface area contributed by atoms with Crippen molar-refractivity contribution in [1.82, 2.24) is 14.8 Å². The Balaban J connectivity index is 1.67. The van der Waals surface area contributed by atoms with Crippen molar-refractivity contribution < 1.29 is 9.72 Å². The van der Waals surface area contributed by atoms with Crippen LogP contribution in [-0.4, -0.2) is 25.6 Å². The molecular weight excluding hydrogens is 422 g/mol. The third kappa shape index (κ3) is 3.83. The second-order valence-corrected chi connectivity index (χ2v) is 9.93. The van der Waals surface area contributed by atoms with Gasteiger partial charge in [0.05, 0.1) is 25.7 Å². The van der Waals surface area contributed by atoms with Gasteiger partial charge >= 0.3 is 5.00 Å². The molecule has 0 saturated heterocycles. The number of amides is 1. The number of nitrogens with one attached hydrogen (secondary N) is 1. The Bertz CT molecular complexity index is 1280. The van der Waals surface area contributed by atoms with Crippen molar-refractivity contribution in [3.05, 3.63) is 62.6 Å². The van der Waals surface area contributed by atoms with Gasteiger partial charge in [-0.15, -0.1) is 0 Å². The van der Waals surface area contributed by atoms with Crippen LogP contribution in [0, 0.1) is 17.0 Å². The van der Waals surface area contributed by atoms with Crippen molar-refractivity contribution >= 4 is 49.6 Å². The number of nitro groups is 1. The van der Waals surface area contributed by atoms with Gasteiger partial charge in [0, 0.05) is 12.1 Å². The van der Waals surface area contributed by atoms with E-state index in [4.69, 9.17) is 0 Å². The summed E-state index contributed by atoms with van der Waals surface area (Å²) in [5.74, 6) is 0.0361. The summed E-state index contributed by atoms with van der Waals surface area (Å²) in [7, 11) is 0. The highest BCUT2D eigenvalue weighted by Gasteiger charge is 2.20. The number of aryl methyl sites for hydroxylation is 1. The van der Waals surface area contributed by atoms with E-state index in [0.717, 1.165) is 27.2 Å². The molecule has 3 heterocycles. The molecule has 30 heavy (non-hydrogen) atoms. The molecule has 0 bridgehead atoms. The van der Waals surface area contributed by atoms with Crippen LogP contribution < -0.4 is 5.32 Å². The highest BCUT2D eigenvalue weighted by atomic mass is 32.1.